The molecule has 2 aromatic rings. The molecule has 0 spiro atoms. The number of aromatic nitrogens is 2. The number of benzene rings is 1. The number of hydrogen-bond donors (Lipinski definition) is 2. The van der Waals surface area contributed by atoms with E-state index in [-0.39, 0.29) is 42.4 Å². The number of H-pyrrole nitrogens is 1. The van der Waals surface area contributed by atoms with Gasteiger partial charge in [-0.25, -0.2) is 4.68 Å². The van der Waals surface area contributed by atoms with Gasteiger partial charge in [0.2, 0.25) is 5.91 Å². The summed E-state index contributed by atoms with van der Waals surface area (Å²) in [5, 5.41) is 3.28. The lowest BCUT2D eigenvalue weighted by Crippen LogP contribution is -2.34. The van der Waals surface area contributed by atoms with Crippen molar-refractivity contribution in [3.8, 4) is 0 Å². The number of likely N-dealkylation sites (tertiary alicyclic amines) is 1. The standard InChI is InChI=1S/C16H20N4O3.ClH/c17-9-11-5-7-19(10-11)14(21)6-8-20-16(23)13-4-2-1-3-12(13)15(22)18-20;/h1-4,11H,5-10,17H2,(H,18,22);1H. The summed E-state index contributed by atoms with van der Waals surface area (Å²) in [7, 11) is 0. The SMILES string of the molecule is Cl.NCC1CCN(C(=O)CCn2[nH]c(=O)c3ccccc3c2=O)C1. The molecule has 130 valence electrons. The number of aromatic amines is 1. The van der Waals surface area contributed by atoms with E-state index in [1.54, 1.807) is 29.2 Å². The van der Waals surface area contributed by atoms with Crippen LogP contribution in [0.3, 0.4) is 0 Å². The summed E-state index contributed by atoms with van der Waals surface area (Å²) in [6.07, 6.45) is 1.11. The van der Waals surface area contributed by atoms with Crippen molar-refractivity contribution in [2.75, 3.05) is 19.6 Å². The molecule has 1 unspecified atom stereocenters. The molecule has 0 bridgehead atoms. The Morgan fingerprint density at radius 2 is 1.96 bits per heavy atom. The smallest absolute Gasteiger partial charge is 0.273 e. The molecule has 7 nitrogen and oxygen atoms in total. The molecular weight excluding hydrogens is 332 g/mol. The fraction of sp³-hybridized carbons (Fsp3) is 0.438. The van der Waals surface area contributed by atoms with Crippen molar-refractivity contribution in [3.05, 3.63) is 45.0 Å². The van der Waals surface area contributed by atoms with E-state index in [0.29, 0.717) is 36.3 Å². The number of amides is 1. The van der Waals surface area contributed by atoms with Crippen LogP contribution in [0.15, 0.2) is 33.9 Å². The largest absolute Gasteiger partial charge is 0.342 e. The van der Waals surface area contributed by atoms with E-state index in [0.717, 1.165) is 6.42 Å². The van der Waals surface area contributed by atoms with Gasteiger partial charge in [-0.1, -0.05) is 12.1 Å². The lowest BCUT2D eigenvalue weighted by Gasteiger charge is -2.16. The van der Waals surface area contributed by atoms with Crippen LogP contribution in [0.25, 0.3) is 10.8 Å². The van der Waals surface area contributed by atoms with E-state index < -0.39 is 0 Å². The second kappa shape index (κ2) is 7.63. The lowest BCUT2D eigenvalue weighted by atomic mass is 10.1. The summed E-state index contributed by atoms with van der Waals surface area (Å²) in [6.45, 7) is 2.14. The van der Waals surface area contributed by atoms with E-state index in [2.05, 4.69) is 5.10 Å². The van der Waals surface area contributed by atoms with Gasteiger partial charge in [0.1, 0.15) is 0 Å². The van der Waals surface area contributed by atoms with Crippen LogP contribution in [0, 0.1) is 5.92 Å². The Hall–Kier alpha value is -2.12. The Bertz CT molecular complexity index is 845. The average Bonchev–Trinajstić information content (AvgIpc) is 3.06. The zero-order chi connectivity index (χ0) is 16.4. The van der Waals surface area contributed by atoms with E-state index in [1.807, 2.05) is 0 Å². The minimum Gasteiger partial charge on any atom is -0.342 e. The summed E-state index contributed by atoms with van der Waals surface area (Å²) >= 11 is 0. The van der Waals surface area contributed by atoms with Gasteiger partial charge in [0.25, 0.3) is 11.1 Å². The molecular formula is C16H21ClN4O3. The quantitative estimate of drug-likeness (QED) is 0.826. The normalized spacial score (nSPS) is 17.0. The van der Waals surface area contributed by atoms with Crippen LogP contribution in [0.1, 0.15) is 12.8 Å². The first-order chi connectivity index (χ1) is 11.1. The minimum absolute atomic E-state index is 0. The Kier molecular flexibility index (Phi) is 5.80. The van der Waals surface area contributed by atoms with Crippen molar-refractivity contribution < 1.29 is 4.79 Å². The highest BCUT2D eigenvalue weighted by atomic mass is 35.5. The molecule has 1 fully saturated rings. The summed E-state index contributed by atoms with van der Waals surface area (Å²) in [5.41, 5.74) is 5.02. The third-order valence-electron chi connectivity index (χ3n) is 4.40. The van der Waals surface area contributed by atoms with Gasteiger partial charge in [0.15, 0.2) is 0 Å². The van der Waals surface area contributed by atoms with Crippen LogP contribution < -0.4 is 16.9 Å². The van der Waals surface area contributed by atoms with Gasteiger partial charge in [0.05, 0.1) is 17.3 Å². The molecule has 3 N–H and O–H groups in total. The van der Waals surface area contributed by atoms with Crippen LogP contribution >= 0.6 is 12.4 Å². The average molecular weight is 353 g/mol. The molecule has 2 heterocycles. The predicted molar refractivity (Wildman–Crippen MR) is 94.4 cm³/mol. The Morgan fingerprint density at radius 3 is 2.62 bits per heavy atom. The maximum atomic E-state index is 12.4. The number of nitrogens with zero attached hydrogens (tertiary/aromatic N) is 2. The van der Waals surface area contributed by atoms with Crippen molar-refractivity contribution in [1.82, 2.24) is 14.7 Å². The summed E-state index contributed by atoms with van der Waals surface area (Å²) in [5.74, 6) is 0.351. The fourth-order valence-electron chi connectivity index (χ4n) is 3.02. The fourth-order valence-corrected chi connectivity index (χ4v) is 3.02. The van der Waals surface area contributed by atoms with Crippen LogP contribution in [0.2, 0.25) is 0 Å². The Balaban J connectivity index is 0.00000208. The zero-order valence-corrected chi connectivity index (χ0v) is 14.1. The Morgan fingerprint density at radius 1 is 1.25 bits per heavy atom. The van der Waals surface area contributed by atoms with Gasteiger partial charge < -0.3 is 10.6 Å². The number of rotatable bonds is 4. The van der Waals surface area contributed by atoms with E-state index in [9.17, 15) is 14.4 Å². The second-order valence-corrected chi connectivity index (χ2v) is 5.92. The summed E-state index contributed by atoms with van der Waals surface area (Å²) in [4.78, 5) is 38.4. The number of aryl methyl sites for hydroxylation is 1. The zero-order valence-electron chi connectivity index (χ0n) is 13.2. The molecule has 1 saturated heterocycles. The number of fused-ring (bicyclic) bond motifs is 1. The molecule has 24 heavy (non-hydrogen) atoms. The molecule has 1 atom stereocenters. The molecule has 1 aromatic carbocycles. The number of carbonyl (C=O) groups is 1. The highest BCUT2D eigenvalue weighted by molar-refractivity contribution is 5.85. The molecule has 0 aliphatic carbocycles. The van der Waals surface area contributed by atoms with Gasteiger partial charge in [-0.3, -0.25) is 19.5 Å². The van der Waals surface area contributed by atoms with Crippen molar-refractivity contribution in [2.24, 2.45) is 11.7 Å². The molecule has 8 heteroatoms. The van der Waals surface area contributed by atoms with Crippen LogP contribution in [0.5, 0.6) is 0 Å². The second-order valence-electron chi connectivity index (χ2n) is 5.92. The van der Waals surface area contributed by atoms with E-state index in [4.69, 9.17) is 5.73 Å². The van der Waals surface area contributed by atoms with E-state index in [1.165, 1.54) is 4.68 Å². The third kappa shape index (κ3) is 3.52. The molecule has 1 amide bonds. The monoisotopic (exact) mass is 352 g/mol. The van der Waals surface area contributed by atoms with Crippen LogP contribution in [-0.2, 0) is 11.3 Å². The molecule has 3 rings (SSSR count). The number of nitrogens with one attached hydrogen (secondary N) is 1. The van der Waals surface area contributed by atoms with E-state index >= 15 is 0 Å². The van der Waals surface area contributed by atoms with Crippen molar-refractivity contribution in [3.63, 3.8) is 0 Å². The predicted octanol–water partition coefficient (Wildman–Crippen LogP) is 0.309. The lowest BCUT2D eigenvalue weighted by molar-refractivity contribution is -0.130. The van der Waals surface area contributed by atoms with Crippen molar-refractivity contribution in [1.29, 1.82) is 0 Å². The summed E-state index contributed by atoms with van der Waals surface area (Å²) in [6, 6.07) is 6.67. The van der Waals surface area contributed by atoms with Gasteiger partial charge in [-0.05, 0) is 31.0 Å². The highest BCUT2D eigenvalue weighted by Gasteiger charge is 2.24. The maximum absolute atomic E-state index is 12.4. The molecule has 0 saturated carbocycles. The van der Waals surface area contributed by atoms with Crippen molar-refractivity contribution in [2.45, 2.75) is 19.4 Å². The first-order valence-electron chi connectivity index (χ1n) is 7.80. The van der Waals surface area contributed by atoms with Crippen LogP contribution in [0.4, 0.5) is 0 Å². The third-order valence-corrected chi connectivity index (χ3v) is 4.40. The minimum atomic E-state index is -0.322. The number of nitrogens with two attached hydrogens (primary N) is 1. The van der Waals surface area contributed by atoms with Crippen molar-refractivity contribution >= 4 is 29.1 Å². The molecule has 1 aromatic heterocycles. The first kappa shape index (κ1) is 18.2. The molecule has 1 aliphatic rings. The van der Waals surface area contributed by atoms with Gasteiger partial charge >= 0.3 is 0 Å². The highest BCUT2D eigenvalue weighted by Crippen LogP contribution is 2.15. The van der Waals surface area contributed by atoms with Gasteiger partial charge in [0, 0.05) is 19.5 Å². The Labute approximate surface area is 144 Å². The van der Waals surface area contributed by atoms with Gasteiger partial charge in [-0.2, -0.15) is 0 Å². The maximum Gasteiger partial charge on any atom is 0.273 e. The topological polar surface area (TPSA) is 101 Å². The molecule has 1 aliphatic heterocycles. The van der Waals surface area contributed by atoms with Crippen LogP contribution in [-0.4, -0.2) is 40.2 Å². The van der Waals surface area contributed by atoms with Gasteiger partial charge in [-0.15, -0.1) is 12.4 Å². The first-order valence-corrected chi connectivity index (χ1v) is 7.80. The summed E-state index contributed by atoms with van der Waals surface area (Å²) < 4.78 is 1.22. The number of carbonyl (C=O) groups excluding carboxylic acids is 1. The molecule has 0 radical (unpaired) electrons. The number of hydrogen-bond acceptors (Lipinski definition) is 4. The number of halogens is 1.